The molecular weight excluding hydrogens is 315 g/mol. The van der Waals surface area contributed by atoms with Crippen molar-refractivity contribution in [2.24, 2.45) is 5.92 Å². The van der Waals surface area contributed by atoms with Crippen LogP contribution in [0.1, 0.15) is 22.3 Å². The van der Waals surface area contributed by atoms with Crippen LogP contribution in [0.3, 0.4) is 0 Å². The van der Waals surface area contributed by atoms with Gasteiger partial charge in [0.05, 0.1) is 0 Å². The van der Waals surface area contributed by atoms with Crippen molar-refractivity contribution in [3.8, 4) is 0 Å². The summed E-state index contributed by atoms with van der Waals surface area (Å²) in [5, 5.41) is 0.927. The van der Waals surface area contributed by atoms with E-state index in [4.69, 9.17) is 0 Å². The topological polar surface area (TPSA) is 0 Å². The lowest BCUT2D eigenvalue weighted by molar-refractivity contribution is 0.580. The first-order valence-electron chi connectivity index (χ1n) is 6.95. The van der Waals surface area contributed by atoms with Crippen LogP contribution in [0.4, 0.5) is 4.39 Å². The first kappa shape index (κ1) is 15.2. The highest BCUT2D eigenvalue weighted by atomic mass is 79.9. The molecule has 2 aromatic carbocycles. The van der Waals surface area contributed by atoms with Crippen molar-refractivity contribution in [2.75, 3.05) is 5.33 Å². The maximum atomic E-state index is 13.4. The zero-order valence-electron chi connectivity index (χ0n) is 12.0. The van der Waals surface area contributed by atoms with E-state index >= 15 is 0 Å². The summed E-state index contributed by atoms with van der Waals surface area (Å²) in [5.41, 5.74) is 4.92. The van der Waals surface area contributed by atoms with Gasteiger partial charge in [0.15, 0.2) is 0 Å². The maximum Gasteiger partial charge on any atom is 0.123 e. The zero-order valence-corrected chi connectivity index (χ0v) is 13.6. The maximum absolute atomic E-state index is 13.4. The van der Waals surface area contributed by atoms with Crippen molar-refractivity contribution in [1.82, 2.24) is 0 Å². The molecule has 2 rings (SSSR count). The lowest BCUT2D eigenvalue weighted by Gasteiger charge is -2.16. The van der Waals surface area contributed by atoms with E-state index in [2.05, 4.69) is 47.1 Å². The predicted octanol–water partition coefficient (Wildman–Crippen LogP) is 5.24. The number of rotatable bonds is 5. The Bertz CT molecular complexity index is 577. The molecule has 0 bridgehead atoms. The van der Waals surface area contributed by atoms with Crippen molar-refractivity contribution < 1.29 is 4.39 Å². The smallest absolute Gasteiger partial charge is 0.123 e. The number of hydrogen-bond donors (Lipinski definition) is 0. The van der Waals surface area contributed by atoms with Crippen LogP contribution in [0.5, 0.6) is 0 Å². The van der Waals surface area contributed by atoms with Crippen LogP contribution in [0.25, 0.3) is 0 Å². The van der Waals surface area contributed by atoms with Gasteiger partial charge in [-0.15, -0.1) is 0 Å². The van der Waals surface area contributed by atoms with Crippen LogP contribution >= 0.6 is 15.9 Å². The quantitative estimate of drug-likeness (QED) is 0.656. The molecule has 0 radical (unpaired) electrons. The largest absolute Gasteiger partial charge is 0.207 e. The average Bonchev–Trinajstić information content (AvgIpc) is 2.42. The van der Waals surface area contributed by atoms with Crippen LogP contribution in [0.15, 0.2) is 42.5 Å². The van der Waals surface area contributed by atoms with Gasteiger partial charge >= 0.3 is 0 Å². The lowest BCUT2D eigenvalue weighted by atomic mass is 9.92. The fourth-order valence-corrected chi connectivity index (χ4v) is 2.98. The van der Waals surface area contributed by atoms with E-state index in [9.17, 15) is 4.39 Å². The SMILES string of the molecule is Cc1cccc(CC(CBr)Cc2cc(F)ccc2C)c1. The molecule has 0 spiro atoms. The van der Waals surface area contributed by atoms with E-state index in [-0.39, 0.29) is 5.82 Å². The minimum Gasteiger partial charge on any atom is -0.207 e. The molecule has 0 N–H and O–H groups in total. The van der Waals surface area contributed by atoms with E-state index < -0.39 is 0 Å². The first-order chi connectivity index (χ1) is 9.58. The Morgan fingerprint density at radius 1 is 1.05 bits per heavy atom. The summed E-state index contributed by atoms with van der Waals surface area (Å²) >= 11 is 3.60. The standard InChI is InChI=1S/C18H20BrF/c1-13-4-3-5-15(8-13)9-16(12-19)10-17-11-18(20)7-6-14(17)2/h3-8,11,16H,9-10,12H2,1-2H3. The van der Waals surface area contributed by atoms with Crippen molar-refractivity contribution in [3.63, 3.8) is 0 Å². The molecule has 0 aliphatic rings. The second-order valence-electron chi connectivity index (χ2n) is 5.49. The third kappa shape index (κ3) is 4.17. The van der Waals surface area contributed by atoms with Gasteiger partial charge in [0.2, 0.25) is 0 Å². The van der Waals surface area contributed by atoms with Crippen molar-refractivity contribution in [2.45, 2.75) is 26.7 Å². The van der Waals surface area contributed by atoms with Crippen molar-refractivity contribution in [3.05, 3.63) is 70.5 Å². The highest BCUT2D eigenvalue weighted by molar-refractivity contribution is 9.09. The molecule has 2 aromatic rings. The van der Waals surface area contributed by atoms with Gasteiger partial charge in [0.25, 0.3) is 0 Å². The predicted molar refractivity (Wildman–Crippen MR) is 87.0 cm³/mol. The molecule has 1 unspecified atom stereocenters. The first-order valence-corrected chi connectivity index (χ1v) is 8.07. The molecule has 1 atom stereocenters. The molecule has 0 fully saturated rings. The van der Waals surface area contributed by atoms with Crippen LogP contribution in [0.2, 0.25) is 0 Å². The molecule has 106 valence electrons. The fraction of sp³-hybridized carbons (Fsp3) is 0.333. The normalized spacial score (nSPS) is 12.4. The summed E-state index contributed by atoms with van der Waals surface area (Å²) in [5.74, 6) is 0.340. The van der Waals surface area contributed by atoms with Crippen molar-refractivity contribution in [1.29, 1.82) is 0 Å². The van der Waals surface area contributed by atoms with E-state index in [0.29, 0.717) is 5.92 Å². The average molecular weight is 335 g/mol. The second-order valence-corrected chi connectivity index (χ2v) is 6.14. The summed E-state index contributed by atoms with van der Waals surface area (Å²) in [6, 6.07) is 13.7. The minimum absolute atomic E-state index is 0.144. The Kier molecular flexibility index (Phi) is 5.36. The molecule has 2 heteroatoms. The molecule has 0 aromatic heterocycles. The highest BCUT2D eigenvalue weighted by Crippen LogP contribution is 2.20. The minimum atomic E-state index is -0.144. The van der Waals surface area contributed by atoms with E-state index in [0.717, 1.165) is 23.7 Å². The molecule has 0 aliphatic heterocycles. The molecule has 20 heavy (non-hydrogen) atoms. The summed E-state index contributed by atoms with van der Waals surface area (Å²) in [6.45, 7) is 4.16. The third-order valence-corrected chi connectivity index (χ3v) is 4.56. The van der Waals surface area contributed by atoms with Crippen LogP contribution in [-0.4, -0.2) is 5.33 Å². The monoisotopic (exact) mass is 334 g/mol. The molecular formula is C18H20BrF. The zero-order chi connectivity index (χ0) is 14.5. The molecule has 0 saturated heterocycles. The van der Waals surface area contributed by atoms with Gasteiger partial charge in [0.1, 0.15) is 5.82 Å². The van der Waals surface area contributed by atoms with E-state index in [1.165, 1.54) is 22.8 Å². The van der Waals surface area contributed by atoms with Crippen molar-refractivity contribution >= 4 is 15.9 Å². The Hall–Kier alpha value is -1.15. The van der Waals surface area contributed by atoms with Gasteiger partial charge in [-0.2, -0.15) is 0 Å². The van der Waals surface area contributed by atoms with Gasteiger partial charge in [-0.05, 0) is 61.4 Å². The number of aryl methyl sites for hydroxylation is 2. The molecule has 0 nitrogen and oxygen atoms in total. The summed E-state index contributed by atoms with van der Waals surface area (Å²) < 4.78 is 13.4. The Labute approximate surface area is 129 Å². The van der Waals surface area contributed by atoms with Gasteiger partial charge < -0.3 is 0 Å². The molecule has 0 saturated carbocycles. The van der Waals surface area contributed by atoms with Crippen LogP contribution < -0.4 is 0 Å². The lowest BCUT2D eigenvalue weighted by Crippen LogP contribution is -2.11. The Morgan fingerprint density at radius 2 is 1.85 bits per heavy atom. The Balaban J connectivity index is 2.11. The van der Waals surface area contributed by atoms with Gasteiger partial charge in [0, 0.05) is 5.33 Å². The molecule has 0 amide bonds. The van der Waals surface area contributed by atoms with Gasteiger partial charge in [-0.3, -0.25) is 0 Å². The number of hydrogen-bond acceptors (Lipinski definition) is 0. The number of halogens is 2. The third-order valence-electron chi connectivity index (χ3n) is 3.64. The van der Waals surface area contributed by atoms with Gasteiger partial charge in [-0.25, -0.2) is 4.39 Å². The van der Waals surface area contributed by atoms with E-state index in [1.54, 1.807) is 6.07 Å². The number of alkyl halides is 1. The molecule has 0 aliphatic carbocycles. The summed E-state index contributed by atoms with van der Waals surface area (Å²) in [7, 11) is 0. The Morgan fingerprint density at radius 3 is 2.55 bits per heavy atom. The van der Waals surface area contributed by atoms with Gasteiger partial charge in [-0.1, -0.05) is 51.8 Å². The number of benzene rings is 2. The summed E-state index contributed by atoms with van der Waals surface area (Å²) in [4.78, 5) is 0. The highest BCUT2D eigenvalue weighted by Gasteiger charge is 2.12. The fourth-order valence-electron chi connectivity index (χ4n) is 2.52. The molecule has 0 heterocycles. The summed E-state index contributed by atoms with van der Waals surface area (Å²) in [6.07, 6.45) is 1.92. The second kappa shape index (κ2) is 7.03. The van der Waals surface area contributed by atoms with Crippen LogP contribution in [0, 0.1) is 25.6 Å². The van der Waals surface area contributed by atoms with E-state index in [1.807, 2.05) is 13.0 Å². The van der Waals surface area contributed by atoms with Crippen LogP contribution in [-0.2, 0) is 12.8 Å².